The van der Waals surface area contributed by atoms with Gasteiger partial charge in [0.05, 0.1) is 13.2 Å². The van der Waals surface area contributed by atoms with Gasteiger partial charge in [0.25, 0.3) is 0 Å². The highest BCUT2D eigenvalue weighted by molar-refractivity contribution is 6.30. The van der Waals surface area contributed by atoms with Gasteiger partial charge in [0.2, 0.25) is 0 Å². The summed E-state index contributed by atoms with van der Waals surface area (Å²) < 4.78 is 5.42. The zero-order chi connectivity index (χ0) is 11.6. The largest absolute Gasteiger partial charge is 0.379 e. The van der Waals surface area contributed by atoms with Crippen molar-refractivity contribution < 1.29 is 4.74 Å². The fourth-order valence-corrected chi connectivity index (χ4v) is 2.49. The first kappa shape index (κ1) is 11.9. The minimum atomic E-state index is 0.157. The van der Waals surface area contributed by atoms with Crippen LogP contribution in [-0.2, 0) is 10.2 Å². The molecule has 1 fully saturated rings. The van der Waals surface area contributed by atoms with Crippen molar-refractivity contribution in [2.24, 2.45) is 11.7 Å². The van der Waals surface area contributed by atoms with E-state index in [-0.39, 0.29) is 5.41 Å². The van der Waals surface area contributed by atoms with Crippen LogP contribution in [0.2, 0.25) is 5.02 Å². The number of benzene rings is 1. The molecule has 1 saturated heterocycles. The summed E-state index contributed by atoms with van der Waals surface area (Å²) in [6, 6.07) is 8.12. The van der Waals surface area contributed by atoms with Crippen LogP contribution in [0.25, 0.3) is 0 Å². The first-order valence-electron chi connectivity index (χ1n) is 5.73. The zero-order valence-corrected chi connectivity index (χ0v) is 10.3. The maximum Gasteiger partial charge on any atom is 0.0588 e. The molecule has 0 aromatic heterocycles. The van der Waals surface area contributed by atoms with Gasteiger partial charge in [-0.3, -0.25) is 0 Å². The van der Waals surface area contributed by atoms with E-state index in [1.54, 1.807) is 0 Å². The third kappa shape index (κ3) is 1.97. The van der Waals surface area contributed by atoms with Gasteiger partial charge in [-0.2, -0.15) is 0 Å². The Morgan fingerprint density at radius 2 is 2.00 bits per heavy atom. The fraction of sp³-hybridized carbons (Fsp3) is 0.538. The molecule has 3 heteroatoms. The zero-order valence-electron chi connectivity index (χ0n) is 9.58. The molecule has 0 spiro atoms. The molecule has 1 aromatic rings. The van der Waals surface area contributed by atoms with Crippen molar-refractivity contribution in [3.05, 3.63) is 34.9 Å². The predicted molar refractivity (Wildman–Crippen MR) is 66.8 cm³/mol. The van der Waals surface area contributed by atoms with E-state index in [4.69, 9.17) is 22.1 Å². The molecule has 0 saturated carbocycles. The Balaban J connectivity index is 2.24. The minimum absolute atomic E-state index is 0.157. The lowest BCUT2D eigenvalue weighted by molar-refractivity contribution is -0.0883. The van der Waals surface area contributed by atoms with Gasteiger partial charge in [0.15, 0.2) is 0 Å². The smallest absolute Gasteiger partial charge is 0.0588 e. The molecule has 0 radical (unpaired) electrons. The van der Waals surface area contributed by atoms with Crippen LogP contribution in [0.15, 0.2) is 24.3 Å². The van der Waals surface area contributed by atoms with Crippen LogP contribution < -0.4 is 5.73 Å². The lowest BCUT2D eigenvalue weighted by Gasteiger charge is -2.46. The number of nitrogens with two attached hydrogens (primary N) is 1. The molecule has 1 aliphatic heterocycles. The predicted octanol–water partition coefficient (Wildman–Crippen LogP) is 2.59. The standard InChI is InChI=1S/C13H18ClNO/c1-10(6-7-15)13(8-16-9-13)11-2-4-12(14)5-3-11/h2-5,10H,6-9,15H2,1H3. The van der Waals surface area contributed by atoms with Gasteiger partial charge in [-0.15, -0.1) is 0 Å². The summed E-state index contributed by atoms with van der Waals surface area (Å²) in [7, 11) is 0. The summed E-state index contributed by atoms with van der Waals surface area (Å²) >= 11 is 5.91. The average molecular weight is 240 g/mol. The molecule has 0 bridgehead atoms. The van der Waals surface area contributed by atoms with E-state index in [9.17, 15) is 0 Å². The normalized spacial score (nSPS) is 20.2. The first-order chi connectivity index (χ1) is 7.69. The fourth-order valence-electron chi connectivity index (χ4n) is 2.37. The third-order valence-electron chi connectivity index (χ3n) is 3.68. The SMILES string of the molecule is CC(CCN)C1(c2ccc(Cl)cc2)COC1. The molecule has 1 unspecified atom stereocenters. The van der Waals surface area contributed by atoms with Crippen molar-refractivity contribution in [2.45, 2.75) is 18.8 Å². The molecule has 2 N–H and O–H groups in total. The lowest BCUT2D eigenvalue weighted by Crippen LogP contribution is -2.52. The molecule has 1 atom stereocenters. The molecular formula is C13H18ClNO. The Labute approximate surface area is 102 Å². The van der Waals surface area contributed by atoms with Gasteiger partial charge >= 0.3 is 0 Å². The van der Waals surface area contributed by atoms with Crippen LogP contribution in [0.4, 0.5) is 0 Å². The van der Waals surface area contributed by atoms with Crippen LogP contribution in [0.5, 0.6) is 0 Å². The molecule has 0 amide bonds. The quantitative estimate of drug-likeness (QED) is 0.877. The van der Waals surface area contributed by atoms with Crippen LogP contribution in [0.3, 0.4) is 0 Å². The molecule has 2 nitrogen and oxygen atoms in total. The molecule has 1 aromatic carbocycles. The minimum Gasteiger partial charge on any atom is -0.379 e. The second-order valence-corrected chi connectivity index (χ2v) is 5.07. The number of hydrogen-bond acceptors (Lipinski definition) is 2. The van der Waals surface area contributed by atoms with Gasteiger partial charge in [-0.25, -0.2) is 0 Å². The van der Waals surface area contributed by atoms with Crippen LogP contribution in [-0.4, -0.2) is 19.8 Å². The van der Waals surface area contributed by atoms with Crippen molar-refractivity contribution >= 4 is 11.6 Å². The van der Waals surface area contributed by atoms with E-state index in [1.807, 2.05) is 12.1 Å². The second kappa shape index (κ2) is 4.74. The monoisotopic (exact) mass is 239 g/mol. The maximum absolute atomic E-state index is 5.91. The van der Waals surface area contributed by atoms with Crippen molar-refractivity contribution in [2.75, 3.05) is 19.8 Å². The van der Waals surface area contributed by atoms with Gasteiger partial charge in [-0.05, 0) is 36.6 Å². The van der Waals surface area contributed by atoms with Gasteiger partial charge in [0, 0.05) is 10.4 Å². The molecule has 1 heterocycles. The highest BCUT2D eigenvalue weighted by atomic mass is 35.5. The van der Waals surface area contributed by atoms with E-state index < -0.39 is 0 Å². The highest BCUT2D eigenvalue weighted by Crippen LogP contribution is 2.41. The van der Waals surface area contributed by atoms with E-state index in [1.165, 1.54) is 5.56 Å². The topological polar surface area (TPSA) is 35.2 Å². The Morgan fingerprint density at radius 3 is 2.44 bits per heavy atom. The molecule has 88 valence electrons. The molecule has 16 heavy (non-hydrogen) atoms. The number of ether oxygens (including phenoxy) is 1. The Bertz CT molecular complexity index is 345. The van der Waals surface area contributed by atoms with Crippen molar-refractivity contribution in [1.82, 2.24) is 0 Å². The van der Waals surface area contributed by atoms with Gasteiger partial charge in [-0.1, -0.05) is 30.7 Å². The number of hydrogen-bond donors (Lipinski definition) is 1. The highest BCUT2D eigenvalue weighted by Gasteiger charge is 2.44. The summed E-state index contributed by atoms with van der Waals surface area (Å²) in [5.41, 5.74) is 7.13. The first-order valence-corrected chi connectivity index (χ1v) is 6.11. The summed E-state index contributed by atoms with van der Waals surface area (Å²) in [6.45, 7) is 4.59. The van der Waals surface area contributed by atoms with E-state index >= 15 is 0 Å². The summed E-state index contributed by atoms with van der Waals surface area (Å²) in [5.74, 6) is 0.549. The Kier molecular flexibility index (Phi) is 3.53. The summed E-state index contributed by atoms with van der Waals surface area (Å²) in [4.78, 5) is 0. The summed E-state index contributed by atoms with van der Waals surface area (Å²) in [6.07, 6.45) is 1.03. The van der Waals surface area contributed by atoms with Crippen LogP contribution >= 0.6 is 11.6 Å². The molecule has 2 rings (SSSR count). The van der Waals surface area contributed by atoms with E-state index in [0.29, 0.717) is 5.92 Å². The van der Waals surface area contributed by atoms with Crippen molar-refractivity contribution in [3.63, 3.8) is 0 Å². The molecular weight excluding hydrogens is 222 g/mol. The van der Waals surface area contributed by atoms with Gasteiger partial charge in [0.1, 0.15) is 0 Å². The van der Waals surface area contributed by atoms with E-state index in [2.05, 4.69) is 19.1 Å². The molecule has 1 aliphatic rings. The number of rotatable bonds is 4. The van der Waals surface area contributed by atoms with Crippen molar-refractivity contribution in [3.8, 4) is 0 Å². The Morgan fingerprint density at radius 1 is 1.38 bits per heavy atom. The summed E-state index contributed by atoms with van der Waals surface area (Å²) in [5, 5.41) is 0.783. The average Bonchev–Trinajstić information content (AvgIpc) is 2.19. The Hall–Kier alpha value is -0.570. The van der Waals surface area contributed by atoms with Gasteiger partial charge < -0.3 is 10.5 Å². The van der Waals surface area contributed by atoms with Crippen LogP contribution in [0.1, 0.15) is 18.9 Å². The van der Waals surface area contributed by atoms with E-state index in [0.717, 1.165) is 31.2 Å². The number of halogens is 1. The maximum atomic E-state index is 5.91. The lowest BCUT2D eigenvalue weighted by atomic mass is 9.68. The third-order valence-corrected chi connectivity index (χ3v) is 3.93. The second-order valence-electron chi connectivity index (χ2n) is 4.63. The van der Waals surface area contributed by atoms with Crippen LogP contribution in [0, 0.1) is 5.92 Å². The van der Waals surface area contributed by atoms with Crippen molar-refractivity contribution in [1.29, 1.82) is 0 Å². The molecule has 0 aliphatic carbocycles.